The smallest absolute Gasteiger partial charge is 0.343 e. The summed E-state index contributed by atoms with van der Waals surface area (Å²) in [6, 6.07) is 25.5. The normalized spacial score (nSPS) is 13.8. The minimum atomic E-state index is -4.22. The zero-order chi connectivity index (χ0) is 29.9. The second kappa shape index (κ2) is 11.9. The fourth-order valence-corrected chi connectivity index (χ4v) is 5.29. The lowest BCUT2D eigenvalue weighted by molar-refractivity contribution is -0.121. The summed E-state index contributed by atoms with van der Waals surface area (Å²) in [5.41, 5.74) is 0.630. The van der Waals surface area contributed by atoms with E-state index < -0.39 is 28.0 Å². The van der Waals surface area contributed by atoms with Crippen molar-refractivity contribution in [1.82, 2.24) is 0 Å². The monoisotopic (exact) mass is 602 g/mol. The minimum absolute atomic E-state index is 0.0657. The highest BCUT2D eigenvalue weighted by Crippen LogP contribution is 2.34. The maximum absolute atomic E-state index is 13.6. The standard InChI is InChI=1S/C31H23ClN2O7S/c1-2-40-28-20-21(13-18-27(28)41-42(38,39)25-16-14-22(32)15-17-25)19-26-29(35)33(23-9-5-3-6-10-23)31(37)34(30(26)36)24-11-7-4-8-12-24/h3-20H,2H2,1H3. The van der Waals surface area contributed by atoms with Crippen LogP contribution < -0.4 is 18.7 Å². The van der Waals surface area contributed by atoms with Gasteiger partial charge in [0, 0.05) is 5.02 Å². The number of benzene rings is 4. The van der Waals surface area contributed by atoms with Gasteiger partial charge in [0.2, 0.25) is 0 Å². The molecule has 1 heterocycles. The first kappa shape index (κ1) is 28.6. The Morgan fingerprint density at radius 2 is 1.29 bits per heavy atom. The van der Waals surface area contributed by atoms with Crippen molar-refractivity contribution in [2.75, 3.05) is 16.4 Å². The van der Waals surface area contributed by atoms with Crippen molar-refractivity contribution in [3.8, 4) is 11.5 Å². The Morgan fingerprint density at radius 1 is 0.738 bits per heavy atom. The zero-order valence-electron chi connectivity index (χ0n) is 22.1. The number of carbonyl (C=O) groups excluding carboxylic acids is 3. The molecule has 11 heteroatoms. The predicted octanol–water partition coefficient (Wildman–Crippen LogP) is 6.09. The van der Waals surface area contributed by atoms with E-state index in [2.05, 4.69) is 0 Å². The first-order chi connectivity index (χ1) is 20.2. The van der Waals surface area contributed by atoms with E-state index in [1.807, 2.05) is 0 Å². The molecule has 4 aromatic carbocycles. The van der Waals surface area contributed by atoms with E-state index in [1.54, 1.807) is 67.6 Å². The molecule has 0 spiro atoms. The Bertz CT molecular complexity index is 1730. The lowest BCUT2D eigenvalue weighted by Crippen LogP contribution is -2.57. The number of ether oxygens (including phenoxy) is 1. The first-order valence-electron chi connectivity index (χ1n) is 12.7. The molecule has 0 unspecified atom stereocenters. The molecule has 42 heavy (non-hydrogen) atoms. The second-order valence-corrected chi connectivity index (χ2v) is 10.9. The maximum Gasteiger partial charge on any atom is 0.343 e. The molecule has 1 aliphatic rings. The first-order valence-corrected chi connectivity index (χ1v) is 14.5. The molecule has 0 aromatic heterocycles. The SMILES string of the molecule is CCOc1cc(C=C2C(=O)N(c3ccccc3)C(=O)N(c3ccccc3)C2=O)ccc1OS(=O)(=O)c1ccc(Cl)cc1. The van der Waals surface area contributed by atoms with E-state index in [0.29, 0.717) is 10.6 Å². The quantitative estimate of drug-likeness (QED) is 0.136. The van der Waals surface area contributed by atoms with Gasteiger partial charge in [0.15, 0.2) is 11.5 Å². The number of imide groups is 2. The Balaban J connectivity index is 1.55. The Labute approximate surface area is 247 Å². The van der Waals surface area contributed by atoms with E-state index in [4.69, 9.17) is 20.5 Å². The highest BCUT2D eigenvalue weighted by Gasteiger charge is 2.43. The van der Waals surface area contributed by atoms with Crippen LogP contribution in [-0.4, -0.2) is 32.9 Å². The van der Waals surface area contributed by atoms with Gasteiger partial charge in [-0.15, -0.1) is 0 Å². The average molecular weight is 603 g/mol. The summed E-state index contributed by atoms with van der Waals surface area (Å²) in [6.45, 7) is 1.88. The predicted molar refractivity (Wildman–Crippen MR) is 158 cm³/mol. The summed E-state index contributed by atoms with van der Waals surface area (Å²) in [5.74, 6) is -1.66. The molecular formula is C31H23ClN2O7S. The van der Waals surface area contributed by atoms with Crippen molar-refractivity contribution >= 4 is 57.0 Å². The number of amides is 4. The summed E-state index contributed by atoms with van der Waals surface area (Å²) in [4.78, 5) is 42.5. The van der Waals surface area contributed by atoms with Gasteiger partial charge in [-0.1, -0.05) is 54.1 Å². The number of carbonyl (C=O) groups is 3. The molecule has 4 amide bonds. The van der Waals surface area contributed by atoms with Crippen molar-refractivity contribution in [1.29, 1.82) is 0 Å². The lowest BCUT2D eigenvalue weighted by Gasteiger charge is -2.33. The van der Waals surface area contributed by atoms with Gasteiger partial charge in [-0.05, 0) is 79.2 Å². The molecule has 0 aliphatic carbocycles. The topological polar surface area (TPSA) is 110 Å². The second-order valence-electron chi connectivity index (χ2n) is 8.92. The van der Waals surface area contributed by atoms with Crippen LogP contribution in [0, 0.1) is 0 Å². The van der Waals surface area contributed by atoms with E-state index in [0.717, 1.165) is 9.80 Å². The number of hydrogen-bond acceptors (Lipinski definition) is 7. The van der Waals surface area contributed by atoms with E-state index in [-0.39, 0.29) is 39.9 Å². The molecule has 0 N–H and O–H groups in total. The van der Waals surface area contributed by atoms with Gasteiger partial charge in [0.05, 0.1) is 18.0 Å². The van der Waals surface area contributed by atoms with Crippen LogP contribution in [-0.2, 0) is 19.7 Å². The molecule has 212 valence electrons. The molecule has 1 fully saturated rings. The average Bonchev–Trinajstić information content (AvgIpc) is 2.98. The molecule has 0 radical (unpaired) electrons. The van der Waals surface area contributed by atoms with Gasteiger partial charge in [0.1, 0.15) is 10.5 Å². The fourth-order valence-electron chi connectivity index (χ4n) is 4.22. The van der Waals surface area contributed by atoms with Crippen LogP contribution in [0.25, 0.3) is 6.08 Å². The van der Waals surface area contributed by atoms with Gasteiger partial charge in [0.25, 0.3) is 11.8 Å². The van der Waals surface area contributed by atoms with Crippen molar-refractivity contribution in [3.63, 3.8) is 0 Å². The van der Waals surface area contributed by atoms with Gasteiger partial charge >= 0.3 is 16.1 Å². The molecule has 1 aliphatic heterocycles. The Hall–Kier alpha value is -4.93. The van der Waals surface area contributed by atoms with Crippen LogP contribution in [0.4, 0.5) is 16.2 Å². The summed E-state index contributed by atoms with van der Waals surface area (Å²) in [7, 11) is -4.22. The molecular weight excluding hydrogens is 580 g/mol. The molecule has 0 saturated carbocycles. The van der Waals surface area contributed by atoms with E-state index in [9.17, 15) is 22.8 Å². The van der Waals surface area contributed by atoms with Gasteiger partial charge in [-0.2, -0.15) is 8.42 Å². The van der Waals surface area contributed by atoms with Crippen LogP contribution >= 0.6 is 11.6 Å². The summed E-state index contributed by atoms with van der Waals surface area (Å²) in [5, 5.41) is 0.367. The summed E-state index contributed by atoms with van der Waals surface area (Å²) >= 11 is 5.87. The van der Waals surface area contributed by atoms with E-state index in [1.165, 1.54) is 48.5 Å². The number of urea groups is 1. The number of rotatable bonds is 8. The van der Waals surface area contributed by atoms with Gasteiger partial charge < -0.3 is 8.92 Å². The van der Waals surface area contributed by atoms with E-state index >= 15 is 0 Å². The molecule has 0 bridgehead atoms. The molecule has 5 rings (SSSR count). The highest BCUT2D eigenvalue weighted by molar-refractivity contribution is 7.87. The highest BCUT2D eigenvalue weighted by atomic mass is 35.5. The van der Waals surface area contributed by atoms with Crippen LogP contribution in [0.1, 0.15) is 12.5 Å². The number of anilines is 2. The lowest BCUT2D eigenvalue weighted by atomic mass is 10.0. The number of nitrogens with zero attached hydrogens (tertiary/aromatic N) is 2. The number of hydrogen-bond donors (Lipinski definition) is 0. The van der Waals surface area contributed by atoms with Gasteiger partial charge in [-0.25, -0.2) is 14.6 Å². The maximum atomic E-state index is 13.6. The molecule has 1 saturated heterocycles. The van der Waals surface area contributed by atoms with Crippen LogP contribution in [0.3, 0.4) is 0 Å². The van der Waals surface area contributed by atoms with Gasteiger partial charge in [-0.3, -0.25) is 9.59 Å². The largest absolute Gasteiger partial charge is 0.490 e. The Morgan fingerprint density at radius 3 is 1.81 bits per heavy atom. The number of para-hydroxylation sites is 2. The van der Waals surface area contributed by atoms with Crippen molar-refractivity contribution < 1.29 is 31.7 Å². The number of halogens is 1. The molecule has 0 atom stereocenters. The zero-order valence-corrected chi connectivity index (χ0v) is 23.7. The third-order valence-corrected chi connectivity index (χ3v) is 7.66. The fraction of sp³-hybridized carbons (Fsp3) is 0.0645. The van der Waals surface area contributed by atoms with Crippen molar-refractivity contribution in [2.24, 2.45) is 0 Å². The Kier molecular flexibility index (Phi) is 8.10. The third kappa shape index (κ3) is 5.76. The van der Waals surface area contributed by atoms with Crippen molar-refractivity contribution in [2.45, 2.75) is 11.8 Å². The number of barbiturate groups is 1. The van der Waals surface area contributed by atoms with Crippen LogP contribution in [0.15, 0.2) is 114 Å². The van der Waals surface area contributed by atoms with Crippen LogP contribution in [0.2, 0.25) is 5.02 Å². The molecule has 4 aromatic rings. The minimum Gasteiger partial charge on any atom is -0.490 e. The van der Waals surface area contributed by atoms with Crippen molar-refractivity contribution in [3.05, 3.63) is 119 Å². The summed E-state index contributed by atoms with van der Waals surface area (Å²) < 4.78 is 36.7. The molecule has 9 nitrogen and oxygen atoms in total. The summed E-state index contributed by atoms with van der Waals surface area (Å²) in [6.07, 6.45) is 1.32. The third-order valence-electron chi connectivity index (χ3n) is 6.16. The van der Waals surface area contributed by atoms with Crippen LogP contribution in [0.5, 0.6) is 11.5 Å².